The van der Waals surface area contributed by atoms with Crippen LogP contribution in [0.5, 0.6) is 0 Å². The largest absolute Gasteiger partial charge is 0.339 e. The molecule has 29 heavy (non-hydrogen) atoms. The molecule has 4 heterocycles. The number of imidazole rings is 1. The second-order valence-corrected chi connectivity index (χ2v) is 6.98. The summed E-state index contributed by atoms with van der Waals surface area (Å²) in [6, 6.07) is 8.35. The molecule has 0 unspecified atom stereocenters. The topological polar surface area (TPSA) is 97.4 Å². The predicted octanol–water partition coefficient (Wildman–Crippen LogP) is 2.77. The zero-order valence-electron chi connectivity index (χ0n) is 15.5. The molecule has 5 rings (SSSR count). The summed E-state index contributed by atoms with van der Waals surface area (Å²) in [5, 5.41) is 9.87. The molecule has 1 saturated heterocycles. The molecule has 1 aliphatic heterocycles. The molecule has 1 amide bonds. The van der Waals surface area contributed by atoms with Gasteiger partial charge in [-0.3, -0.25) is 9.20 Å². The van der Waals surface area contributed by atoms with Gasteiger partial charge >= 0.3 is 0 Å². The van der Waals surface area contributed by atoms with Crippen molar-refractivity contribution >= 4 is 17.2 Å². The second-order valence-electron chi connectivity index (χ2n) is 6.98. The Kier molecular flexibility index (Phi) is 4.09. The molecule has 3 aromatic heterocycles. The van der Waals surface area contributed by atoms with E-state index in [0.717, 1.165) is 13.1 Å². The fraction of sp³-hybridized carbons (Fsp3) is 0.200. The summed E-state index contributed by atoms with van der Waals surface area (Å²) in [6.07, 6.45) is 3.26. The number of fused-ring (bicyclic) bond motifs is 1. The number of carbonyl (C=O) groups excluding carboxylic acids is 1. The van der Waals surface area contributed by atoms with Crippen LogP contribution in [0.15, 0.2) is 47.2 Å². The average Bonchev–Trinajstić information content (AvgIpc) is 3.30. The molecule has 8 nitrogen and oxygen atoms in total. The zero-order valence-corrected chi connectivity index (χ0v) is 15.5. The molecule has 0 saturated carbocycles. The van der Waals surface area contributed by atoms with Crippen LogP contribution in [0.1, 0.15) is 27.9 Å². The van der Waals surface area contributed by atoms with Gasteiger partial charge in [0.25, 0.3) is 5.91 Å². The highest BCUT2D eigenvalue weighted by atomic mass is 19.1. The first-order chi connectivity index (χ1) is 14.1. The average molecular weight is 392 g/mol. The van der Waals surface area contributed by atoms with E-state index >= 15 is 0 Å². The molecule has 0 spiro atoms. The van der Waals surface area contributed by atoms with Gasteiger partial charge in [0.2, 0.25) is 11.7 Å². The molecule has 146 valence electrons. The van der Waals surface area contributed by atoms with Gasteiger partial charge in [-0.15, -0.1) is 0 Å². The summed E-state index contributed by atoms with van der Waals surface area (Å²) in [7, 11) is 0. The van der Waals surface area contributed by atoms with Crippen molar-refractivity contribution in [3.8, 4) is 11.4 Å². The highest BCUT2D eigenvalue weighted by Crippen LogP contribution is 2.29. The zero-order chi connectivity index (χ0) is 20.0. The van der Waals surface area contributed by atoms with E-state index in [-0.39, 0.29) is 23.2 Å². The number of nitrogens with one attached hydrogen (secondary N) is 2. The summed E-state index contributed by atoms with van der Waals surface area (Å²) in [5.41, 5.74) is 2.27. The van der Waals surface area contributed by atoms with Crippen molar-refractivity contribution in [2.45, 2.75) is 12.8 Å². The minimum atomic E-state index is -0.477. The van der Waals surface area contributed by atoms with E-state index in [1.807, 2.05) is 18.2 Å². The lowest BCUT2D eigenvalue weighted by Crippen LogP contribution is -2.40. The predicted molar refractivity (Wildman–Crippen MR) is 103 cm³/mol. The lowest BCUT2D eigenvalue weighted by atomic mass is 10.0. The fourth-order valence-electron chi connectivity index (χ4n) is 3.24. The Bertz CT molecular complexity index is 1230. The van der Waals surface area contributed by atoms with Crippen LogP contribution in [-0.4, -0.2) is 38.5 Å². The van der Waals surface area contributed by atoms with E-state index in [1.54, 1.807) is 17.5 Å². The van der Waals surface area contributed by atoms with Crippen LogP contribution >= 0.6 is 0 Å². The Labute approximate surface area is 164 Å². The monoisotopic (exact) mass is 392 g/mol. The highest BCUT2D eigenvalue weighted by Gasteiger charge is 2.26. The lowest BCUT2D eigenvalue weighted by molar-refractivity contribution is 0.102. The highest BCUT2D eigenvalue weighted by molar-refractivity contribution is 6.04. The Hall–Kier alpha value is -3.59. The van der Waals surface area contributed by atoms with Gasteiger partial charge in [0, 0.05) is 25.0 Å². The number of pyridine rings is 1. The SMILES string of the molecule is Cc1cc(F)c(-c2noc(C3CNC3)n2)cc1NC(=O)c1cnc2ccccn12. The summed E-state index contributed by atoms with van der Waals surface area (Å²) in [6.45, 7) is 3.25. The number of hydrogen-bond donors (Lipinski definition) is 2. The number of benzene rings is 1. The van der Waals surface area contributed by atoms with Crippen LogP contribution in [0, 0.1) is 12.7 Å². The van der Waals surface area contributed by atoms with Gasteiger partial charge in [-0.2, -0.15) is 4.98 Å². The van der Waals surface area contributed by atoms with E-state index < -0.39 is 5.82 Å². The van der Waals surface area contributed by atoms with Gasteiger partial charge in [-0.25, -0.2) is 9.37 Å². The number of amides is 1. The molecular weight excluding hydrogens is 375 g/mol. The van der Waals surface area contributed by atoms with Crippen molar-refractivity contribution in [3.63, 3.8) is 0 Å². The van der Waals surface area contributed by atoms with Gasteiger partial charge < -0.3 is 15.2 Å². The van der Waals surface area contributed by atoms with Gasteiger partial charge in [-0.1, -0.05) is 11.2 Å². The van der Waals surface area contributed by atoms with Crippen molar-refractivity contribution < 1.29 is 13.7 Å². The van der Waals surface area contributed by atoms with E-state index in [9.17, 15) is 9.18 Å². The van der Waals surface area contributed by atoms with E-state index in [4.69, 9.17) is 4.52 Å². The number of rotatable bonds is 4. The summed E-state index contributed by atoms with van der Waals surface area (Å²) in [4.78, 5) is 21.3. The molecule has 0 atom stereocenters. The Morgan fingerprint density at radius 3 is 3.00 bits per heavy atom. The molecule has 1 fully saturated rings. The van der Waals surface area contributed by atoms with Crippen molar-refractivity contribution in [2.24, 2.45) is 0 Å². The van der Waals surface area contributed by atoms with Crippen molar-refractivity contribution in [1.29, 1.82) is 0 Å². The third-order valence-corrected chi connectivity index (χ3v) is 5.03. The number of nitrogens with zero attached hydrogens (tertiary/aromatic N) is 4. The minimum Gasteiger partial charge on any atom is -0.339 e. The number of anilines is 1. The van der Waals surface area contributed by atoms with Crippen LogP contribution in [0.25, 0.3) is 17.0 Å². The third-order valence-electron chi connectivity index (χ3n) is 5.03. The first-order valence-electron chi connectivity index (χ1n) is 9.18. The Morgan fingerprint density at radius 2 is 2.21 bits per heavy atom. The first-order valence-corrected chi connectivity index (χ1v) is 9.18. The lowest BCUT2D eigenvalue weighted by Gasteiger charge is -2.22. The molecule has 0 bridgehead atoms. The third kappa shape index (κ3) is 3.05. The number of carbonyl (C=O) groups is 1. The van der Waals surface area contributed by atoms with E-state index in [2.05, 4.69) is 25.8 Å². The minimum absolute atomic E-state index is 0.152. The van der Waals surface area contributed by atoms with Gasteiger partial charge in [0.05, 0.1) is 17.7 Å². The van der Waals surface area contributed by atoms with Gasteiger partial charge in [0.15, 0.2) is 0 Å². The van der Waals surface area contributed by atoms with Gasteiger partial charge in [0.1, 0.15) is 17.2 Å². The molecule has 9 heteroatoms. The van der Waals surface area contributed by atoms with Crippen molar-refractivity contribution in [2.75, 3.05) is 18.4 Å². The first kappa shape index (κ1) is 17.5. The maximum absolute atomic E-state index is 14.6. The normalized spacial score (nSPS) is 14.1. The summed E-state index contributed by atoms with van der Waals surface area (Å²) in [5.74, 6) is -0.0306. The van der Waals surface area contributed by atoms with E-state index in [1.165, 1.54) is 18.3 Å². The number of aromatic nitrogens is 4. The quantitative estimate of drug-likeness (QED) is 0.554. The van der Waals surface area contributed by atoms with Gasteiger partial charge in [-0.05, 0) is 36.8 Å². The molecule has 2 N–H and O–H groups in total. The van der Waals surface area contributed by atoms with Crippen molar-refractivity contribution in [3.05, 3.63) is 65.7 Å². The number of hydrogen-bond acceptors (Lipinski definition) is 6. The molecule has 4 aromatic rings. The Morgan fingerprint density at radius 1 is 1.34 bits per heavy atom. The van der Waals surface area contributed by atoms with E-state index in [0.29, 0.717) is 28.5 Å². The molecule has 1 aliphatic rings. The van der Waals surface area contributed by atoms with Crippen LogP contribution in [0.3, 0.4) is 0 Å². The number of halogens is 1. The fourth-order valence-corrected chi connectivity index (χ4v) is 3.24. The second kappa shape index (κ2) is 6.78. The maximum atomic E-state index is 14.6. The Balaban J connectivity index is 1.46. The molecule has 0 radical (unpaired) electrons. The van der Waals surface area contributed by atoms with Crippen molar-refractivity contribution in [1.82, 2.24) is 24.8 Å². The number of aryl methyl sites for hydroxylation is 1. The molecular formula is C20H17FN6O2. The summed E-state index contributed by atoms with van der Waals surface area (Å²) >= 11 is 0. The summed E-state index contributed by atoms with van der Waals surface area (Å²) < 4.78 is 21.5. The van der Waals surface area contributed by atoms with Crippen LogP contribution in [0.4, 0.5) is 10.1 Å². The van der Waals surface area contributed by atoms with Crippen LogP contribution in [-0.2, 0) is 0 Å². The molecule has 1 aromatic carbocycles. The van der Waals surface area contributed by atoms with Crippen LogP contribution < -0.4 is 10.6 Å². The smallest absolute Gasteiger partial charge is 0.274 e. The molecule has 0 aliphatic carbocycles. The standard InChI is InChI=1S/C20H17FN6O2/c1-11-6-14(21)13(18-25-20(29-26-18)12-8-22-9-12)7-15(11)24-19(28)16-10-23-17-4-2-3-5-27(16)17/h2-7,10,12,22H,8-9H2,1H3,(H,24,28). The maximum Gasteiger partial charge on any atom is 0.274 e. The van der Waals surface area contributed by atoms with Crippen LogP contribution in [0.2, 0.25) is 0 Å².